The Morgan fingerprint density at radius 1 is 1.02 bits per heavy atom. The molecule has 0 aliphatic heterocycles. The third kappa shape index (κ3) is 11.7. The summed E-state index contributed by atoms with van der Waals surface area (Å²) in [4.78, 5) is 50.2. The highest BCUT2D eigenvalue weighted by Crippen LogP contribution is 2.22. The first-order valence-electron chi connectivity index (χ1n) is 15.3. The van der Waals surface area contributed by atoms with Gasteiger partial charge >= 0.3 is 0 Å². The Balaban J connectivity index is 2.22. The number of benzene rings is 2. The molecule has 3 amide bonds. The number of carbonyl (C=O) groups is 4. The molecule has 2 rings (SSSR count). The Hall–Kier alpha value is -3.50. The molecular formula is C30H43N5O8S2. The van der Waals surface area contributed by atoms with Crippen LogP contribution in [0.5, 0.6) is 5.75 Å². The van der Waals surface area contributed by atoms with Gasteiger partial charge in [0.1, 0.15) is 13.2 Å². The zero-order valence-corrected chi connectivity index (χ0v) is 26.9. The van der Waals surface area contributed by atoms with Gasteiger partial charge in [0, 0.05) is 0 Å². The Kier molecular flexibility index (Phi) is 13.6. The molecule has 0 aromatic heterocycles. The van der Waals surface area contributed by atoms with E-state index in [0.29, 0.717) is 23.3 Å². The molecule has 0 aliphatic rings. The summed E-state index contributed by atoms with van der Waals surface area (Å²) in [6.07, 6.45) is 1.92. The van der Waals surface area contributed by atoms with E-state index in [1.807, 2.05) is 0 Å². The summed E-state index contributed by atoms with van der Waals surface area (Å²) in [5.41, 5.74) is 9.29. The topological polar surface area (TPSA) is 231 Å². The van der Waals surface area contributed by atoms with E-state index in [9.17, 15) is 37.3 Å². The average molecular weight is 668 g/mol. The van der Waals surface area contributed by atoms with Crippen molar-refractivity contribution in [2.24, 2.45) is 11.5 Å². The van der Waals surface area contributed by atoms with Crippen LogP contribution in [0.4, 0.5) is 0 Å². The summed E-state index contributed by atoms with van der Waals surface area (Å²) in [6, 6.07) is 10.4. The molecule has 4 atom stereocenters. The van der Waals surface area contributed by atoms with E-state index in [2.05, 4.69) is 16.4 Å². The predicted molar refractivity (Wildman–Crippen MR) is 173 cm³/mol. The van der Waals surface area contributed by atoms with Crippen molar-refractivity contribution in [1.29, 1.82) is 0 Å². The minimum atomic E-state index is -5.16. The molecular weight excluding hydrogens is 622 g/mol. The van der Waals surface area contributed by atoms with Crippen molar-refractivity contribution in [1.82, 2.24) is 15.9 Å². The molecule has 15 heteroatoms. The summed E-state index contributed by atoms with van der Waals surface area (Å²) < 4.78 is 50.7. The van der Waals surface area contributed by atoms with Crippen LogP contribution in [0.25, 0.3) is 0 Å². The monoisotopic (exact) mass is 667 g/mol. The standard InChI is InChI=1S/C30H43N5O8S2/c1-3-4-15-30(32,45(41,42)43)27(38)25(18-20-8-6-5-7-9-20)34-26(37)19-33-29(40)24(14-16-44-2)35-28(39)23(31)17-21-10-12-22(36)13-11-21/h5-13,23-25,36H,3-4,14-19,31-32H2,1-2H3,(H,33,40)(H,34,37)(H,35,39)(H,41,42,43)/t23-,24-,25-,30?/m0/s1/i/hD2. The second kappa shape index (κ2) is 17.8. The van der Waals surface area contributed by atoms with Gasteiger partial charge in [-0.1, -0.05) is 62.2 Å². The molecule has 2 aromatic carbocycles. The fraction of sp³-hybridized carbons (Fsp3) is 0.467. The van der Waals surface area contributed by atoms with Crippen LogP contribution >= 0.6 is 11.8 Å². The van der Waals surface area contributed by atoms with Crippen LogP contribution in [0.15, 0.2) is 54.6 Å². The number of nitrogens with two attached hydrogens (primary N) is 2. The molecule has 0 aliphatic carbocycles. The number of phenolic OH excluding ortho intramolecular Hbond substituents is 1. The van der Waals surface area contributed by atoms with Crippen molar-refractivity contribution in [2.45, 2.75) is 68.4 Å². The number of thioether (sulfide) groups is 1. The van der Waals surface area contributed by atoms with E-state index in [0.717, 1.165) is 0 Å². The summed E-state index contributed by atoms with van der Waals surface area (Å²) in [5.74, 6) is -3.26. The normalized spacial score (nSPS) is 15.4. The minimum Gasteiger partial charge on any atom is -0.508 e. The Labute approximate surface area is 271 Å². The number of rotatable bonds is 20. The van der Waals surface area contributed by atoms with Crippen LogP contribution in [0.2, 0.25) is 2.82 Å². The summed E-state index contributed by atoms with van der Waals surface area (Å²) in [5, 5.41) is 14.7. The van der Waals surface area contributed by atoms with E-state index in [4.69, 9.17) is 8.56 Å². The number of nitrogens with one attached hydrogen (secondary N) is 3. The maximum Gasteiger partial charge on any atom is 0.291 e. The first kappa shape index (κ1) is 34.4. The van der Waals surface area contributed by atoms with E-state index < -0.39 is 69.6 Å². The van der Waals surface area contributed by atoms with Crippen LogP contribution in [0.1, 0.15) is 43.7 Å². The van der Waals surface area contributed by atoms with Crippen LogP contribution in [-0.2, 0) is 42.1 Å². The van der Waals surface area contributed by atoms with E-state index >= 15 is 0 Å². The van der Waals surface area contributed by atoms with E-state index in [1.165, 1.54) is 23.9 Å². The van der Waals surface area contributed by atoms with Crippen LogP contribution in [0, 0.1) is 0 Å². The molecule has 1 unspecified atom stereocenters. The Bertz CT molecular complexity index is 1450. The van der Waals surface area contributed by atoms with Gasteiger partial charge in [-0.15, -0.1) is 0 Å². The van der Waals surface area contributed by atoms with Crippen molar-refractivity contribution in [3.05, 3.63) is 65.7 Å². The average Bonchev–Trinajstić information content (AvgIpc) is 3.05. The first-order chi connectivity index (χ1) is 22.2. The number of amides is 3. The predicted octanol–water partition coefficient (Wildman–Crippen LogP) is 0.646. The second-order valence-electron chi connectivity index (χ2n) is 10.5. The molecule has 0 spiro atoms. The maximum atomic E-state index is 13.6. The largest absolute Gasteiger partial charge is 0.508 e. The zero-order chi connectivity index (χ0) is 35.2. The molecule has 0 radical (unpaired) electrons. The lowest BCUT2D eigenvalue weighted by molar-refractivity contribution is -0.132. The fourth-order valence-corrected chi connectivity index (χ4v) is 5.64. The lowest BCUT2D eigenvalue weighted by atomic mass is 9.95. The van der Waals surface area contributed by atoms with Gasteiger partial charge in [-0.3, -0.25) is 23.7 Å². The van der Waals surface area contributed by atoms with Gasteiger partial charge < -0.3 is 32.5 Å². The molecule has 0 heterocycles. The Morgan fingerprint density at radius 2 is 1.67 bits per heavy atom. The molecule has 2 aromatic rings. The quantitative estimate of drug-likeness (QED) is 0.0969. The third-order valence-electron chi connectivity index (χ3n) is 7.00. The highest BCUT2D eigenvalue weighted by atomic mass is 32.2. The van der Waals surface area contributed by atoms with Gasteiger partial charge in [-0.05, 0) is 61.0 Å². The summed E-state index contributed by atoms with van der Waals surface area (Å²) in [6.45, 7) is 0.951. The number of ketones is 1. The minimum absolute atomic E-state index is 0.0382. The molecule has 0 bridgehead atoms. The van der Waals surface area contributed by atoms with Gasteiger partial charge in [0.25, 0.3) is 10.1 Å². The number of unbranched alkanes of at least 4 members (excludes halogenated alkanes) is 1. The van der Waals surface area contributed by atoms with Gasteiger partial charge in [-0.25, -0.2) is 0 Å². The molecule has 13 nitrogen and oxygen atoms in total. The highest BCUT2D eigenvalue weighted by molar-refractivity contribution is 7.98. The van der Waals surface area contributed by atoms with Gasteiger partial charge in [-0.2, -0.15) is 20.2 Å². The van der Waals surface area contributed by atoms with Crippen molar-refractivity contribution in [3.8, 4) is 5.75 Å². The van der Waals surface area contributed by atoms with Crippen molar-refractivity contribution >= 4 is 45.4 Å². The SMILES string of the molecule is [2H]N[C@@H](Cc1ccc(O)cc1)C(=O)N[C@@H](CCSC)C(=O)NCC(=O)N([2H])[C@@H](Cc1ccccc1)C(=O)C(N)(CCCC)S(=O)(=O)O. The first-order valence-corrected chi connectivity index (χ1v) is 17.2. The van der Waals surface area contributed by atoms with Crippen LogP contribution in [-0.4, -0.2) is 83.1 Å². The van der Waals surface area contributed by atoms with Gasteiger partial charge in [0.15, 0.2) is 7.20 Å². The van der Waals surface area contributed by atoms with Crippen LogP contribution in [0.3, 0.4) is 0 Å². The fourth-order valence-electron chi connectivity index (χ4n) is 4.38. The number of aromatic hydroxyl groups is 1. The number of hydrogen-bond donors (Lipinski definition) is 7. The molecule has 248 valence electrons. The lowest BCUT2D eigenvalue weighted by Crippen LogP contribution is -2.62. The van der Waals surface area contributed by atoms with Gasteiger partial charge in [0.05, 0.1) is 18.6 Å². The zero-order valence-electron chi connectivity index (χ0n) is 27.3. The number of carbonyl (C=O) groups excluding carboxylic acids is 4. The van der Waals surface area contributed by atoms with Crippen molar-refractivity contribution in [3.63, 3.8) is 0 Å². The smallest absolute Gasteiger partial charge is 0.291 e. The third-order valence-corrected chi connectivity index (χ3v) is 8.97. The molecule has 0 saturated carbocycles. The summed E-state index contributed by atoms with van der Waals surface area (Å²) in [7, 11) is -5.16. The highest BCUT2D eigenvalue weighted by Gasteiger charge is 2.49. The maximum absolute atomic E-state index is 13.6. The summed E-state index contributed by atoms with van der Waals surface area (Å²) >= 11 is 1.41. The second-order valence-corrected chi connectivity index (χ2v) is 13.2. The van der Waals surface area contributed by atoms with Crippen molar-refractivity contribution < 1.29 is 40.1 Å². The van der Waals surface area contributed by atoms with Gasteiger partial charge in [0.2, 0.25) is 22.6 Å². The van der Waals surface area contributed by atoms with E-state index in [-0.39, 0.29) is 36.7 Å². The molecule has 45 heavy (non-hydrogen) atoms. The molecule has 9 N–H and O–H groups in total. The Morgan fingerprint density at radius 3 is 2.24 bits per heavy atom. The van der Waals surface area contributed by atoms with E-state index in [1.54, 1.807) is 55.6 Å². The van der Waals surface area contributed by atoms with Crippen molar-refractivity contribution in [2.75, 3.05) is 18.6 Å². The number of Topliss-reactive ketones (excluding diaryl/α,β-unsaturated/α-hetero) is 1. The molecule has 0 saturated heterocycles. The number of hydrogen-bond acceptors (Lipinski definition) is 10. The van der Waals surface area contributed by atoms with Crippen LogP contribution < -0.4 is 27.4 Å². The number of phenols is 1. The lowest BCUT2D eigenvalue weighted by Gasteiger charge is -2.29. The molecule has 0 fully saturated rings.